The fraction of sp³-hybridized carbons (Fsp3) is 0.185. The van der Waals surface area contributed by atoms with Gasteiger partial charge >= 0.3 is 6.18 Å². The highest BCUT2D eigenvalue weighted by atomic mass is 19.4. The summed E-state index contributed by atoms with van der Waals surface area (Å²) in [4.78, 5) is 30.5. The topological polar surface area (TPSA) is 131 Å². The summed E-state index contributed by atoms with van der Waals surface area (Å²) < 4.78 is 42.7. The molecule has 2 aromatic carbocycles. The van der Waals surface area contributed by atoms with Crippen LogP contribution in [-0.2, 0) is 31.0 Å². The summed E-state index contributed by atoms with van der Waals surface area (Å²) in [6, 6.07) is 13.8. The van der Waals surface area contributed by atoms with Gasteiger partial charge < -0.3 is 10.3 Å². The van der Waals surface area contributed by atoms with Crippen LogP contribution in [0.15, 0.2) is 54.9 Å². The van der Waals surface area contributed by atoms with E-state index in [4.69, 9.17) is 5.73 Å². The maximum absolute atomic E-state index is 13.7. The number of primary amides is 1. The van der Waals surface area contributed by atoms with Crippen LogP contribution in [0, 0.1) is 11.3 Å². The van der Waals surface area contributed by atoms with Crippen LogP contribution >= 0.6 is 0 Å². The molecule has 0 saturated carbocycles. The van der Waals surface area contributed by atoms with Gasteiger partial charge in [0.15, 0.2) is 5.82 Å². The van der Waals surface area contributed by atoms with Crippen LogP contribution in [0.2, 0.25) is 0 Å². The smallest absolute Gasteiger partial charge is 0.370 e. The quantitative estimate of drug-likeness (QED) is 0.400. The highest BCUT2D eigenvalue weighted by Crippen LogP contribution is 2.40. The second kappa shape index (κ2) is 9.68. The van der Waals surface area contributed by atoms with Gasteiger partial charge in [0.05, 0.1) is 23.7 Å². The highest BCUT2D eigenvalue weighted by molar-refractivity contribution is 6.10. The maximum Gasteiger partial charge on any atom is 0.416 e. The fourth-order valence-corrected chi connectivity index (χ4v) is 4.60. The van der Waals surface area contributed by atoms with Crippen molar-refractivity contribution in [3.63, 3.8) is 0 Å². The molecule has 1 aliphatic heterocycles. The molecule has 0 saturated heterocycles. The molecule has 5 rings (SSSR count). The molecule has 196 valence electrons. The van der Waals surface area contributed by atoms with Gasteiger partial charge in [-0.25, -0.2) is 4.98 Å². The van der Waals surface area contributed by atoms with Crippen LogP contribution in [0.1, 0.15) is 39.2 Å². The molecule has 3 heterocycles. The number of aromatic nitrogens is 4. The van der Waals surface area contributed by atoms with E-state index in [2.05, 4.69) is 21.3 Å². The van der Waals surface area contributed by atoms with Gasteiger partial charge in [-0.3, -0.25) is 14.5 Å². The van der Waals surface area contributed by atoms with Gasteiger partial charge in [-0.2, -0.15) is 18.4 Å². The van der Waals surface area contributed by atoms with Crippen molar-refractivity contribution >= 4 is 17.6 Å². The van der Waals surface area contributed by atoms with Gasteiger partial charge in [0.1, 0.15) is 12.1 Å². The first-order valence-corrected chi connectivity index (χ1v) is 11.8. The van der Waals surface area contributed by atoms with E-state index >= 15 is 0 Å². The van der Waals surface area contributed by atoms with Crippen molar-refractivity contribution in [1.82, 2.24) is 19.7 Å². The zero-order valence-corrected chi connectivity index (χ0v) is 20.5. The molecule has 0 bridgehead atoms. The number of hydrogen-bond donors (Lipinski definition) is 1. The standard InChI is InChI=1S/C27H20F3N7O2/c1-36-14-33-35-25(36)18-7-5-15(12-31)9-20(18)16-10-17(6-8-23(32)38)34-24(11-16)37-13-21-19(26(37)39)3-2-4-22(21)27(28,29)30/h2-5,7,9-11,14H,6,8,13H2,1H3,(H2,32,38). The van der Waals surface area contributed by atoms with E-state index in [1.165, 1.54) is 23.4 Å². The molecule has 0 fully saturated rings. The van der Waals surface area contributed by atoms with Crippen molar-refractivity contribution in [3.8, 4) is 28.6 Å². The average Bonchev–Trinajstić information content (AvgIpc) is 3.49. The Morgan fingerprint density at radius 3 is 2.59 bits per heavy atom. The number of carbonyl (C=O) groups is 2. The minimum Gasteiger partial charge on any atom is -0.370 e. The number of aryl methyl sites for hydroxylation is 2. The Morgan fingerprint density at radius 2 is 1.92 bits per heavy atom. The Morgan fingerprint density at radius 1 is 1.13 bits per heavy atom. The summed E-state index contributed by atoms with van der Waals surface area (Å²) in [6.45, 7) is -0.329. The lowest BCUT2D eigenvalue weighted by Gasteiger charge is -2.19. The molecule has 2 aromatic heterocycles. The summed E-state index contributed by atoms with van der Waals surface area (Å²) in [6.07, 6.45) is -3.01. The number of alkyl halides is 3. The molecule has 0 spiro atoms. The first kappa shape index (κ1) is 25.6. The van der Waals surface area contributed by atoms with Crippen LogP contribution in [-0.4, -0.2) is 31.6 Å². The van der Waals surface area contributed by atoms with E-state index < -0.39 is 23.6 Å². The van der Waals surface area contributed by atoms with Crippen molar-refractivity contribution in [2.75, 3.05) is 4.90 Å². The number of halogens is 3. The Kier molecular flexibility index (Phi) is 6.35. The number of fused-ring (bicyclic) bond motifs is 1. The van der Waals surface area contributed by atoms with Gasteiger partial charge in [0.25, 0.3) is 5.91 Å². The molecular weight excluding hydrogens is 511 g/mol. The van der Waals surface area contributed by atoms with E-state index in [1.807, 2.05) is 0 Å². The number of benzene rings is 2. The second-order valence-electron chi connectivity index (χ2n) is 9.03. The molecule has 2 amide bonds. The maximum atomic E-state index is 13.7. The Hall–Kier alpha value is -5.05. The number of rotatable bonds is 6. The first-order chi connectivity index (χ1) is 18.6. The summed E-state index contributed by atoms with van der Waals surface area (Å²) in [5, 5.41) is 17.6. The lowest BCUT2D eigenvalue weighted by molar-refractivity contribution is -0.138. The molecule has 4 aromatic rings. The van der Waals surface area contributed by atoms with Gasteiger partial charge in [0, 0.05) is 30.3 Å². The highest BCUT2D eigenvalue weighted by Gasteiger charge is 2.40. The number of pyridine rings is 1. The van der Waals surface area contributed by atoms with Gasteiger partial charge in [-0.05, 0) is 65.6 Å². The zero-order chi connectivity index (χ0) is 27.9. The Bertz CT molecular complexity index is 1670. The number of amides is 2. The molecule has 0 unspecified atom stereocenters. The third kappa shape index (κ3) is 4.82. The van der Waals surface area contributed by atoms with Crippen molar-refractivity contribution in [2.45, 2.75) is 25.6 Å². The lowest BCUT2D eigenvalue weighted by Crippen LogP contribution is -2.24. The van der Waals surface area contributed by atoms with Crippen molar-refractivity contribution < 1.29 is 22.8 Å². The second-order valence-corrected chi connectivity index (χ2v) is 9.03. The number of anilines is 1. The summed E-state index contributed by atoms with van der Waals surface area (Å²) in [5.74, 6) is -0.575. The Balaban J connectivity index is 1.67. The lowest BCUT2D eigenvalue weighted by atomic mass is 9.96. The van der Waals surface area contributed by atoms with Crippen LogP contribution in [0.3, 0.4) is 0 Å². The van der Waals surface area contributed by atoms with E-state index in [0.29, 0.717) is 33.8 Å². The molecule has 2 N–H and O–H groups in total. The first-order valence-electron chi connectivity index (χ1n) is 11.8. The van der Waals surface area contributed by atoms with Gasteiger partial charge in [0.2, 0.25) is 5.91 Å². The van der Waals surface area contributed by atoms with Crippen LogP contribution in [0.4, 0.5) is 19.0 Å². The third-order valence-electron chi connectivity index (χ3n) is 6.45. The molecule has 39 heavy (non-hydrogen) atoms. The fourth-order valence-electron chi connectivity index (χ4n) is 4.60. The molecule has 12 heteroatoms. The van der Waals surface area contributed by atoms with Gasteiger partial charge in [-0.1, -0.05) is 6.07 Å². The molecule has 0 aliphatic carbocycles. The number of nitrogens with zero attached hydrogens (tertiary/aromatic N) is 6. The predicted octanol–water partition coefficient (Wildman–Crippen LogP) is 4.01. The summed E-state index contributed by atoms with van der Waals surface area (Å²) in [7, 11) is 1.76. The number of nitriles is 1. The average molecular weight is 531 g/mol. The van der Waals surface area contributed by atoms with Crippen LogP contribution in [0.25, 0.3) is 22.5 Å². The summed E-state index contributed by atoms with van der Waals surface area (Å²) >= 11 is 0. The molecule has 0 atom stereocenters. The van der Waals surface area contributed by atoms with E-state index in [0.717, 1.165) is 6.07 Å². The van der Waals surface area contributed by atoms with Crippen molar-refractivity contribution in [3.05, 3.63) is 82.8 Å². The third-order valence-corrected chi connectivity index (χ3v) is 6.45. The van der Waals surface area contributed by atoms with Crippen molar-refractivity contribution in [2.24, 2.45) is 12.8 Å². The van der Waals surface area contributed by atoms with Crippen LogP contribution < -0.4 is 10.6 Å². The number of nitrogens with two attached hydrogens (primary N) is 1. The molecular formula is C27H20F3N7O2. The van der Waals surface area contributed by atoms with Crippen LogP contribution in [0.5, 0.6) is 0 Å². The number of hydrogen-bond acceptors (Lipinski definition) is 6. The SMILES string of the molecule is Cn1cnnc1-c1ccc(C#N)cc1-c1cc(CCC(N)=O)nc(N2Cc3c(cccc3C(F)(F)F)C2=O)c1. The summed E-state index contributed by atoms with van der Waals surface area (Å²) in [5.41, 5.74) is 6.73. The minimum absolute atomic E-state index is 0.0311. The normalized spacial score (nSPS) is 12.9. The molecule has 1 aliphatic rings. The molecule has 9 nitrogen and oxygen atoms in total. The predicted molar refractivity (Wildman–Crippen MR) is 134 cm³/mol. The van der Waals surface area contributed by atoms with E-state index in [1.54, 1.807) is 41.9 Å². The van der Waals surface area contributed by atoms with E-state index in [-0.39, 0.29) is 36.3 Å². The minimum atomic E-state index is -4.63. The van der Waals surface area contributed by atoms with Gasteiger partial charge in [-0.15, -0.1) is 10.2 Å². The van der Waals surface area contributed by atoms with Crippen molar-refractivity contribution in [1.29, 1.82) is 5.26 Å². The Labute approximate surface area is 220 Å². The largest absolute Gasteiger partial charge is 0.416 e. The van der Waals surface area contributed by atoms with E-state index in [9.17, 15) is 28.0 Å². The number of carbonyl (C=O) groups excluding carboxylic acids is 2. The monoisotopic (exact) mass is 531 g/mol. The molecule has 0 radical (unpaired) electrons. The zero-order valence-electron chi connectivity index (χ0n) is 20.5.